The minimum atomic E-state index is 0.649. The average molecular weight is 308 g/mol. The summed E-state index contributed by atoms with van der Waals surface area (Å²) < 4.78 is 16.3. The summed E-state index contributed by atoms with van der Waals surface area (Å²) in [5.74, 6) is 2.09. The molecule has 1 heterocycles. The van der Waals surface area contributed by atoms with Crippen LogP contribution in [0.1, 0.15) is 25.3 Å². The largest absolute Gasteiger partial charge is 0.493 e. The molecule has 1 N–H and O–H groups in total. The van der Waals surface area contributed by atoms with Gasteiger partial charge in [-0.15, -0.1) is 0 Å². The summed E-state index contributed by atoms with van der Waals surface area (Å²) in [7, 11) is 4.93. The number of benzene rings is 1. The molecule has 22 heavy (non-hydrogen) atoms. The Morgan fingerprint density at radius 3 is 2.55 bits per heavy atom. The molecular formula is C17H28N2O3. The first kappa shape index (κ1) is 16.9. The third kappa shape index (κ3) is 3.65. The van der Waals surface area contributed by atoms with E-state index in [0.717, 1.165) is 30.9 Å². The maximum Gasteiger partial charge on any atom is 0.203 e. The molecule has 1 unspecified atom stereocenters. The maximum atomic E-state index is 5.52. The van der Waals surface area contributed by atoms with E-state index in [-0.39, 0.29) is 0 Å². The predicted octanol–water partition coefficient (Wildman–Crippen LogP) is 2.29. The fourth-order valence-electron chi connectivity index (χ4n) is 3.22. The minimum Gasteiger partial charge on any atom is -0.493 e. The van der Waals surface area contributed by atoms with Gasteiger partial charge in [-0.3, -0.25) is 4.90 Å². The SMILES string of the molecule is CCN1CCCC1CNCc1ccc(OC)c(OC)c1OC. The van der Waals surface area contributed by atoms with E-state index in [1.807, 2.05) is 12.1 Å². The number of nitrogens with zero attached hydrogens (tertiary/aromatic N) is 1. The summed E-state index contributed by atoms with van der Waals surface area (Å²) in [4.78, 5) is 2.54. The molecule has 0 amide bonds. The highest BCUT2D eigenvalue weighted by molar-refractivity contribution is 5.55. The lowest BCUT2D eigenvalue weighted by Crippen LogP contribution is -2.37. The van der Waals surface area contributed by atoms with Gasteiger partial charge in [-0.05, 0) is 32.0 Å². The standard InChI is InChI=1S/C17H28N2O3/c1-5-19-10-6-7-14(19)12-18-11-13-8-9-15(20-2)17(22-4)16(13)21-3/h8-9,14,18H,5-7,10-12H2,1-4H3. The molecule has 1 aliphatic heterocycles. The molecule has 1 fully saturated rings. The topological polar surface area (TPSA) is 43.0 Å². The van der Waals surface area contributed by atoms with Crippen molar-refractivity contribution in [2.45, 2.75) is 32.4 Å². The van der Waals surface area contributed by atoms with Gasteiger partial charge in [0.05, 0.1) is 21.3 Å². The fraction of sp³-hybridized carbons (Fsp3) is 0.647. The minimum absolute atomic E-state index is 0.649. The summed E-state index contributed by atoms with van der Waals surface area (Å²) in [5, 5.41) is 3.55. The van der Waals surface area contributed by atoms with Crippen molar-refractivity contribution in [3.63, 3.8) is 0 Å². The van der Waals surface area contributed by atoms with Crippen molar-refractivity contribution >= 4 is 0 Å². The Morgan fingerprint density at radius 1 is 1.14 bits per heavy atom. The van der Waals surface area contributed by atoms with Gasteiger partial charge in [-0.1, -0.05) is 13.0 Å². The number of ether oxygens (including phenoxy) is 3. The first-order valence-electron chi connectivity index (χ1n) is 7.97. The molecule has 1 aromatic carbocycles. The Kier molecular flexibility index (Phi) is 6.34. The summed E-state index contributed by atoms with van der Waals surface area (Å²) in [6.45, 7) is 6.35. The number of likely N-dealkylation sites (tertiary alicyclic amines) is 1. The van der Waals surface area contributed by atoms with E-state index in [4.69, 9.17) is 14.2 Å². The van der Waals surface area contributed by atoms with Crippen molar-refractivity contribution < 1.29 is 14.2 Å². The van der Waals surface area contributed by atoms with Crippen LogP contribution in [-0.2, 0) is 6.54 Å². The van der Waals surface area contributed by atoms with E-state index in [0.29, 0.717) is 17.5 Å². The second kappa shape index (κ2) is 8.25. The van der Waals surface area contributed by atoms with E-state index in [2.05, 4.69) is 17.1 Å². The Labute approximate surface area is 133 Å². The second-order valence-electron chi connectivity index (χ2n) is 5.55. The normalized spacial score (nSPS) is 18.5. The van der Waals surface area contributed by atoms with E-state index < -0.39 is 0 Å². The van der Waals surface area contributed by atoms with Gasteiger partial charge < -0.3 is 19.5 Å². The molecule has 5 heteroatoms. The van der Waals surface area contributed by atoms with Crippen LogP contribution in [0.15, 0.2) is 12.1 Å². The van der Waals surface area contributed by atoms with E-state index in [1.165, 1.54) is 19.4 Å². The van der Waals surface area contributed by atoms with Crippen LogP contribution in [0.25, 0.3) is 0 Å². The number of methoxy groups -OCH3 is 3. The maximum absolute atomic E-state index is 5.52. The number of rotatable bonds is 8. The first-order valence-corrected chi connectivity index (χ1v) is 7.97. The molecule has 2 rings (SSSR count). The molecule has 1 atom stereocenters. The van der Waals surface area contributed by atoms with E-state index in [1.54, 1.807) is 21.3 Å². The van der Waals surface area contributed by atoms with Gasteiger partial charge in [0.15, 0.2) is 11.5 Å². The number of nitrogens with one attached hydrogen (secondary N) is 1. The van der Waals surface area contributed by atoms with Gasteiger partial charge in [0, 0.05) is 24.7 Å². The molecule has 1 aromatic rings. The summed E-state index contributed by atoms with van der Waals surface area (Å²) in [6.07, 6.45) is 2.59. The highest BCUT2D eigenvalue weighted by Crippen LogP contribution is 2.39. The van der Waals surface area contributed by atoms with Crippen LogP contribution < -0.4 is 19.5 Å². The van der Waals surface area contributed by atoms with Crippen molar-refractivity contribution in [2.24, 2.45) is 0 Å². The van der Waals surface area contributed by atoms with Crippen LogP contribution >= 0.6 is 0 Å². The Balaban J connectivity index is 2.00. The number of hydrogen-bond acceptors (Lipinski definition) is 5. The molecule has 1 saturated heterocycles. The summed E-state index contributed by atoms with van der Waals surface area (Å²) in [5.41, 5.74) is 1.08. The number of hydrogen-bond donors (Lipinski definition) is 1. The molecule has 1 aliphatic rings. The third-order valence-electron chi connectivity index (χ3n) is 4.39. The van der Waals surface area contributed by atoms with Crippen molar-refractivity contribution in [3.05, 3.63) is 17.7 Å². The van der Waals surface area contributed by atoms with Crippen LogP contribution in [0, 0.1) is 0 Å². The molecule has 0 aromatic heterocycles. The lowest BCUT2D eigenvalue weighted by Gasteiger charge is -2.23. The van der Waals surface area contributed by atoms with Gasteiger partial charge >= 0.3 is 0 Å². The molecule has 5 nitrogen and oxygen atoms in total. The molecule has 0 saturated carbocycles. The number of likely N-dealkylation sites (N-methyl/N-ethyl adjacent to an activating group) is 1. The van der Waals surface area contributed by atoms with Crippen LogP contribution in [-0.4, -0.2) is 51.9 Å². The van der Waals surface area contributed by atoms with Crippen molar-refractivity contribution in [3.8, 4) is 17.2 Å². The van der Waals surface area contributed by atoms with Crippen molar-refractivity contribution in [1.82, 2.24) is 10.2 Å². The molecule has 0 spiro atoms. The molecule has 0 aliphatic carbocycles. The summed E-state index contributed by atoms with van der Waals surface area (Å²) >= 11 is 0. The third-order valence-corrected chi connectivity index (χ3v) is 4.39. The van der Waals surface area contributed by atoms with Crippen molar-refractivity contribution in [1.29, 1.82) is 0 Å². The Bertz CT molecular complexity index is 479. The van der Waals surface area contributed by atoms with E-state index in [9.17, 15) is 0 Å². The van der Waals surface area contributed by atoms with Gasteiger partial charge in [-0.2, -0.15) is 0 Å². The quantitative estimate of drug-likeness (QED) is 0.798. The smallest absolute Gasteiger partial charge is 0.203 e. The lowest BCUT2D eigenvalue weighted by atomic mass is 10.1. The molecule has 0 radical (unpaired) electrons. The van der Waals surface area contributed by atoms with Gasteiger partial charge in [0.25, 0.3) is 0 Å². The monoisotopic (exact) mass is 308 g/mol. The van der Waals surface area contributed by atoms with Crippen LogP contribution in [0.5, 0.6) is 17.2 Å². The van der Waals surface area contributed by atoms with Gasteiger partial charge in [0.1, 0.15) is 0 Å². The van der Waals surface area contributed by atoms with Gasteiger partial charge in [-0.25, -0.2) is 0 Å². The van der Waals surface area contributed by atoms with Crippen molar-refractivity contribution in [2.75, 3.05) is 41.0 Å². The average Bonchev–Trinajstić information content (AvgIpc) is 3.01. The first-order chi connectivity index (χ1) is 10.7. The molecular weight excluding hydrogens is 280 g/mol. The zero-order valence-electron chi connectivity index (χ0n) is 14.1. The highest BCUT2D eigenvalue weighted by atomic mass is 16.5. The van der Waals surface area contributed by atoms with Crippen LogP contribution in [0.4, 0.5) is 0 Å². The molecule has 0 bridgehead atoms. The van der Waals surface area contributed by atoms with Crippen LogP contribution in [0.2, 0.25) is 0 Å². The van der Waals surface area contributed by atoms with Gasteiger partial charge in [0.2, 0.25) is 5.75 Å². The zero-order chi connectivity index (χ0) is 15.9. The lowest BCUT2D eigenvalue weighted by molar-refractivity contribution is 0.259. The Hall–Kier alpha value is -1.46. The van der Waals surface area contributed by atoms with Crippen LogP contribution in [0.3, 0.4) is 0 Å². The fourth-order valence-corrected chi connectivity index (χ4v) is 3.22. The summed E-state index contributed by atoms with van der Waals surface area (Å²) in [6, 6.07) is 4.60. The zero-order valence-corrected chi connectivity index (χ0v) is 14.1. The molecule has 124 valence electrons. The highest BCUT2D eigenvalue weighted by Gasteiger charge is 2.22. The van der Waals surface area contributed by atoms with E-state index >= 15 is 0 Å². The Morgan fingerprint density at radius 2 is 1.91 bits per heavy atom. The second-order valence-corrected chi connectivity index (χ2v) is 5.55. The predicted molar refractivity (Wildman–Crippen MR) is 88.1 cm³/mol.